The number of nitrogens with one attached hydrogen (secondary N) is 1. The molecule has 6 heteroatoms. The van der Waals surface area contributed by atoms with Crippen molar-refractivity contribution in [1.29, 1.82) is 0 Å². The predicted octanol–water partition coefficient (Wildman–Crippen LogP) is 1.86. The molecule has 1 aliphatic rings. The molecule has 0 aliphatic carbocycles. The number of rotatable bonds is 5. The minimum absolute atomic E-state index is 0.0187. The van der Waals surface area contributed by atoms with Crippen LogP contribution in [0.3, 0.4) is 0 Å². The molecule has 0 radical (unpaired) electrons. The summed E-state index contributed by atoms with van der Waals surface area (Å²) in [4.78, 5) is 24.4. The highest BCUT2D eigenvalue weighted by molar-refractivity contribution is 5.96. The van der Waals surface area contributed by atoms with Crippen molar-refractivity contribution in [2.75, 3.05) is 24.6 Å². The van der Waals surface area contributed by atoms with Crippen molar-refractivity contribution in [3.05, 3.63) is 30.3 Å². The highest BCUT2D eigenvalue weighted by Gasteiger charge is 2.20. The number of benzene rings is 1. The molecule has 114 valence electrons. The van der Waals surface area contributed by atoms with Gasteiger partial charge < -0.3 is 15.2 Å². The van der Waals surface area contributed by atoms with Gasteiger partial charge in [-0.25, -0.2) is 4.79 Å². The third-order valence-corrected chi connectivity index (χ3v) is 3.36. The number of hydrogen-bond acceptors (Lipinski definition) is 3. The number of carbonyl (C=O) groups excluding carboxylic acids is 1. The van der Waals surface area contributed by atoms with Crippen LogP contribution in [0.25, 0.3) is 0 Å². The monoisotopic (exact) mass is 292 g/mol. The van der Waals surface area contributed by atoms with Gasteiger partial charge in [-0.05, 0) is 31.4 Å². The molecule has 1 fully saturated rings. The molecule has 1 aromatic carbocycles. The fourth-order valence-corrected chi connectivity index (χ4v) is 2.29. The first-order valence-electron chi connectivity index (χ1n) is 7.10. The summed E-state index contributed by atoms with van der Waals surface area (Å²) in [7, 11) is 0. The summed E-state index contributed by atoms with van der Waals surface area (Å²) in [5, 5.41) is 11.7. The lowest BCUT2D eigenvalue weighted by Gasteiger charge is -2.25. The second-order valence-corrected chi connectivity index (χ2v) is 4.99. The molecule has 1 aliphatic heterocycles. The van der Waals surface area contributed by atoms with E-state index in [1.165, 1.54) is 4.90 Å². The quantitative estimate of drug-likeness (QED) is 0.868. The Morgan fingerprint density at radius 1 is 1.29 bits per heavy atom. The summed E-state index contributed by atoms with van der Waals surface area (Å²) in [6.07, 6.45) is 3.09. The molecule has 1 aromatic rings. The zero-order valence-electron chi connectivity index (χ0n) is 11.8. The van der Waals surface area contributed by atoms with Crippen LogP contribution in [0.5, 0.6) is 0 Å². The predicted molar refractivity (Wildman–Crippen MR) is 78.4 cm³/mol. The fourth-order valence-electron chi connectivity index (χ4n) is 2.29. The summed E-state index contributed by atoms with van der Waals surface area (Å²) in [5.74, 6) is -1.05. The third kappa shape index (κ3) is 4.75. The number of ether oxygens (including phenoxy) is 1. The van der Waals surface area contributed by atoms with Crippen LogP contribution in [0.1, 0.15) is 19.3 Å². The third-order valence-electron chi connectivity index (χ3n) is 3.36. The molecule has 1 heterocycles. The van der Waals surface area contributed by atoms with E-state index in [2.05, 4.69) is 5.32 Å². The average molecular weight is 292 g/mol. The van der Waals surface area contributed by atoms with Crippen molar-refractivity contribution in [1.82, 2.24) is 5.32 Å². The fraction of sp³-hybridized carbons (Fsp3) is 0.467. The Hall–Kier alpha value is -2.08. The van der Waals surface area contributed by atoms with Crippen molar-refractivity contribution in [3.63, 3.8) is 0 Å². The Balaban J connectivity index is 1.95. The maximum atomic E-state index is 12.2. The van der Waals surface area contributed by atoms with Crippen LogP contribution < -0.4 is 10.2 Å². The molecule has 0 aromatic heterocycles. The van der Waals surface area contributed by atoms with E-state index in [0.29, 0.717) is 12.2 Å². The highest BCUT2D eigenvalue weighted by Crippen LogP contribution is 2.14. The van der Waals surface area contributed by atoms with Crippen LogP contribution in [-0.2, 0) is 9.53 Å². The Labute approximate surface area is 123 Å². The van der Waals surface area contributed by atoms with E-state index in [1.54, 1.807) is 24.3 Å². The van der Waals surface area contributed by atoms with E-state index in [1.807, 2.05) is 6.07 Å². The zero-order chi connectivity index (χ0) is 15.1. The smallest absolute Gasteiger partial charge is 0.323 e. The Morgan fingerprint density at radius 2 is 2.05 bits per heavy atom. The van der Waals surface area contributed by atoms with Crippen LogP contribution in [0.2, 0.25) is 0 Å². The molecule has 0 saturated carbocycles. The van der Waals surface area contributed by atoms with E-state index >= 15 is 0 Å². The van der Waals surface area contributed by atoms with Crippen LogP contribution >= 0.6 is 0 Å². The maximum Gasteiger partial charge on any atom is 0.323 e. The number of carbonyl (C=O) groups is 2. The first kappa shape index (κ1) is 15.3. The molecule has 2 rings (SSSR count). The van der Waals surface area contributed by atoms with Gasteiger partial charge in [-0.3, -0.25) is 9.69 Å². The van der Waals surface area contributed by atoms with Crippen LogP contribution in [0.15, 0.2) is 30.3 Å². The summed E-state index contributed by atoms with van der Waals surface area (Å²) in [6.45, 7) is 0.751. The SMILES string of the molecule is O=C(O)CN(C(=O)NCC1CCCCO1)c1ccccc1. The highest BCUT2D eigenvalue weighted by atomic mass is 16.5. The Morgan fingerprint density at radius 3 is 2.67 bits per heavy atom. The summed E-state index contributed by atoms with van der Waals surface area (Å²) < 4.78 is 5.55. The molecular formula is C15H20N2O4. The number of carboxylic acids is 1. The molecule has 21 heavy (non-hydrogen) atoms. The normalized spacial score (nSPS) is 18.0. The molecule has 6 nitrogen and oxygen atoms in total. The van der Waals surface area contributed by atoms with Crippen molar-refractivity contribution in [3.8, 4) is 0 Å². The second kappa shape index (κ2) is 7.64. The molecule has 1 unspecified atom stereocenters. The largest absolute Gasteiger partial charge is 0.480 e. The van der Waals surface area contributed by atoms with Gasteiger partial charge in [0.2, 0.25) is 0 Å². The molecular weight excluding hydrogens is 272 g/mol. The minimum atomic E-state index is -1.05. The molecule has 0 spiro atoms. The van der Waals surface area contributed by atoms with E-state index in [0.717, 1.165) is 25.9 Å². The summed E-state index contributed by atoms with van der Waals surface area (Å²) in [5.41, 5.74) is 0.557. The lowest BCUT2D eigenvalue weighted by atomic mass is 10.1. The van der Waals surface area contributed by atoms with Gasteiger partial charge in [0.25, 0.3) is 0 Å². The van der Waals surface area contributed by atoms with Gasteiger partial charge in [0.1, 0.15) is 6.54 Å². The van der Waals surface area contributed by atoms with Gasteiger partial charge >= 0.3 is 12.0 Å². The number of amides is 2. The van der Waals surface area contributed by atoms with E-state index in [4.69, 9.17) is 9.84 Å². The van der Waals surface area contributed by atoms with Crippen LogP contribution in [0, 0.1) is 0 Å². The van der Waals surface area contributed by atoms with Gasteiger partial charge in [-0.1, -0.05) is 18.2 Å². The van der Waals surface area contributed by atoms with E-state index < -0.39 is 12.0 Å². The van der Waals surface area contributed by atoms with Gasteiger partial charge in [0, 0.05) is 18.8 Å². The van der Waals surface area contributed by atoms with Crippen LogP contribution in [0.4, 0.5) is 10.5 Å². The molecule has 0 bridgehead atoms. The van der Waals surface area contributed by atoms with E-state index in [-0.39, 0.29) is 12.6 Å². The summed E-state index contributed by atoms with van der Waals surface area (Å²) in [6, 6.07) is 8.34. The molecule has 2 N–H and O–H groups in total. The number of aliphatic carboxylic acids is 1. The number of nitrogens with zero attached hydrogens (tertiary/aromatic N) is 1. The minimum Gasteiger partial charge on any atom is -0.480 e. The van der Waals surface area contributed by atoms with Gasteiger partial charge in [0.15, 0.2) is 0 Å². The average Bonchev–Trinajstić information content (AvgIpc) is 2.52. The number of urea groups is 1. The first-order chi connectivity index (χ1) is 10.2. The van der Waals surface area contributed by atoms with Crippen molar-refractivity contribution < 1.29 is 19.4 Å². The lowest BCUT2D eigenvalue weighted by molar-refractivity contribution is -0.135. The second-order valence-electron chi connectivity index (χ2n) is 4.99. The zero-order valence-corrected chi connectivity index (χ0v) is 11.8. The molecule has 1 saturated heterocycles. The lowest BCUT2D eigenvalue weighted by Crippen LogP contribution is -2.46. The Bertz CT molecular complexity index is 472. The maximum absolute atomic E-state index is 12.2. The number of hydrogen-bond donors (Lipinski definition) is 2. The number of anilines is 1. The van der Waals surface area contributed by atoms with Gasteiger partial charge in [-0.2, -0.15) is 0 Å². The first-order valence-corrected chi connectivity index (χ1v) is 7.10. The van der Waals surface area contributed by atoms with Crippen LogP contribution in [-0.4, -0.2) is 42.9 Å². The summed E-state index contributed by atoms with van der Waals surface area (Å²) >= 11 is 0. The van der Waals surface area contributed by atoms with Crippen molar-refractivity contribution in [2.24, 2.45) is 0 Å². The van der Waals surface area contributed by atoms with E-state index in [9.17, 15) is 9.59 Å². The molecule has 1 atom stereocenters. The Kier molecular flexibility index (Phi) is 5.57. The van der Waals surface area contributed by atoms with Crippen molar-refractivity contribution in [2.45, 2.75) is 25.4 Å². The topological polar surface area (TPSA) is 78.9 Å². The van der Waals surface area contributed by atoms with Gasteiger partial charge in [0.05, 0.1) is 6.10 Å². The van der Waals surface area contributed by atoms with Crippen molar-refractivity contribution >= 4 is 17.7 Å². The number of para-hydroxylation sites is 1. The standard InChI is InChI=1S/C15H20N2O4/c18-14(19)11-17(12-6-2-1-3-7-12)15(20)16-10-13-8-4-5-9-21-13/h1-3,6-7,13H,4-5,8-11H2,(H,16,20)(H,18,19). The number of carboxylic acid groups (broad SMARTS) is 1. The van der Waals surface area contributed by atoms with Gasteiger partial charge in [-0.15, -0.1) is 0 Å². The molecule has 2 amide bonds.